The highest BCUT2D eigenvalue weighted by molar-refractivity contribution is 14.0. The van der Waals surface area contributed by atoms with E-state index in [1.54, 1.807) is 18.4 Å². The van der Waals surface area contributed by atoms with Gasteiger partial charge in [0.05, 0.1) is 12.2 Å². The summed E-state index contributed by atoms with van der Waals surface area (Å²) in [7, 11) is 1.69. The van der Waals surface area contributed by atoms with E-state index < -0.39 is 0 Å². The van der Waals surface area contributed by atoms with Crippen LogP contribution in [0.4, 0.5) is 0 Å². The second-order valence-corrected chi connectivity index (χ2v) is 5.77. The summed E-state index contributed by atoms with van der Waals surface area (Å²) in [4.78, 5) is 8.83. The molecule has 0 aromatic carbocycles. The highest BCUT2D eigenvalue weighted by atomic mass is 127. The van der Waals surface area contributed by atoms with Gasteiger partial charge in [0, 0.05) is 18.5 Å². The van der Waals surface area contributed by atoms with Crippen LogP contribution in [-0.4, -0.2) is 24.1 Å². The van der Waals surface area contributed by atoms with Gasteiger partial charge in [-0.3, -0.25) is 0 Å². The Balaban J connectivity index is 0.00000200. The molecule has 1 aromatic heterocycles. The molecule has 3 N–H and O–H groups in total. The van der Waals surface area contributed by atoms with Crippen LogP contribution < -0.4 is 11.1 Å². The molecular weight excluding hydrogens is 387 g/mol. The maximum absolute atomic E-state index is 5.88. The van der Waals surface area contributed by atoms with Crippen molar-refractivity contribution in [1.29, 1.82) is 0 Å². The minimum absolute atomic E-state index is 0. The summed E-state index contributed by atoms with van der Waals surface area (Å²) in [6, 6.07) is 0.503. The van der Waals surface area contributed by atoms with Gasteiger partial charge < -0.3 is 15.8 Å². The van der Waals surface area contributed by atoms with E-state index in [0.717, 1.165) is 10.7 Å². The first-order chi connectivity index (χ1) is 9.19. The Hall–Kier alpha value is -0.410. The molecule has 1 unspecified atom stereocenters. The molecule has 1 aliphatic rings. The third-order valence-corrected chi connectivity index (χ3v) is 4.44. The Morgan fingerprint density at radius 3 is 2.95 bits per heavy atom. The molecule has 0 saturated heterocycles. The number of guanidine groups is 1. The molecule has 5 nitrogen and oxygen atoms in total. The zero-order valence-electron chi connectivity index (χ0n) is 12.0. The van der Waals surface area contributed by atoms with Crippen molar-refractivity contribution in [3.8, 4) is 0 Å². The average molecular weight is 410 g/mol. The van der Waals surface area contributed by atoms with Crippen LogP contribution >= 0.6 is 35.3 Å². The van der Waals surface area contributed by atoms with E-state index in [-0.39, 0.29) is 30.1 Å². The number of hydrogen-bond acceptors (Lipinski definition) is 4. The summed E-state index contributed by atoms with van der Waals surface area (Å²) in [5, 5.41) is 6.26. The molecule has 0 radical (unpaired) electrons. The van der Waals surface area contributed by atoms with Crippen molar-refractivity contribution < 1.29 is 4.74 Å². The van der Waals surface area contributed by atoms with Crippen molar-refractivity contribution in [2.75, 3.05) is 7.11 Å². The van der Waals surface area contributed by atoms with Gasteiger partial charge in [-0.25, -0.2) is 9.98 Å². The lowest BCUT2D eigenvalue weighted by Crippen LogP contribution is -2.38. The zero-order valence-corrected chi connectivity index (χ0v) is 15.1. The van der Waals surface area contributed by atoms with Gasteiger partial charge in [0.25, 0.3) is 0 Å². The number of halogens is 1. The number of aliphatic imine (C=N–C) groups is 1. The molecule has 0 bridgehead atoms. The molecule has 1 atom stereocenters. The molecule has 1 heterocycles. The van der Waals surface area contributed by atoms with Crippen molar-refractivity contribution in [2.45, 2.75) is 51.3 Å². The fourth-order valence-electron chi connectivity index (χ4n) is 2.17. The number of nitrogens with zero attached hydrogens (tertiary/aromatic N) is 2. The van der Waals surface area contributed by atoms with E-state index in [0.29, 0.717) is 18.5 Å². The molecule has 1 aromatic rings. The van der Waals surface area contributed by atoms with Crippen LogP contribution in [0, 0.1) is 0 Å². The van der Waals surface area contributed by atoms with Crippen LogP contribution in [0.25, 0.3) is 0 Å². The number of aromatic nitrogens is 1. The van der Waals surface area contributed by atoms with Crippen molar-refractivity contribution in [3.63, 3.8) is 0 Å². The van der Waals surface area contributed by atoms with E-state index in [1.165, 1.54) is 25.7 Å². The van der Waals surface area contributed by atoms with Gasteiger partial charge in [-0.05, 0) is 19.8 Å². The summed E-state index contributed by atoms with van der Waals surface area (Å²) < 4.78 is 5.24. The third-order valence-electron chi connectivity index (χ3n) is 3.39. The monoisotopic (exact) mass is 410 g/mol. The lowest BCUT2D eigenvalue weighted by atomic mass is 10.2. The molecule has 1 saturated carbocycles. The summed E-state index contributed by atoms with van der Waals surface area (Å²) >= 11 is 1.60. The van der Waals surface area contributed by atoms with E-state index in [1.807, 2.05) is 12.3 Å². The fraction of sp³-hybridized carbons (Fsp3) is 0.692. The number of nitrogens with one attached hydrogen (secondary N) is 1. The smallest absolute Gasteiger partial charge is 0.189 e. The van der Waals surface area contributed by atoms with Crippen LogP contribution in [0.2, 0.25) is 0 Å². The van der Waals surface area contributed by atoms with Crippen LogP contribution in [0.15, 0.2) is 10.4 Å². The first-order valence-corrected chi connectivity index (χ1v) is 7.60. The maximum Gasteiger partial charge on any atom is 0.189 e. The van der Waals surface area contributed by atoms with Crippen molar-refractivity contribution >= 4 is 41.3 Å². The molecular formula is C13H23IN4OS. The summed E-state index contributed by atoms with van der Waals surface area (Å²) in [6.45, 7) is 2.51. The summed E-state index contributed by atoms with van der Waals surface area (Å²) in [5.74, 6) is 0.529. The number of methoxy groups -OCH3 is 1. The minimum Gasteiger partial charge on any atom is -0.375 e. The molecule has 114 valence electrons. The second-order valence-electron chi connectivity index (χ2n) is 4.88. The van der Waals surface area contributed by atoms with Crippen molar-refractivity contribution in [3.05, 3.63) is 16.1 Å². The number of hydrogen-bond donors (Lipinski definition) is 2. The zero-order chi connectivity index (χ0) is 13.7. The second kappa shape index (κ2) is 8.78. The highest BCUT2D eigenvalue weighted by Gasteiger charge is 2.15. The Bertz CT molecular complexity index is 432. The topological polar surface area (TPSA) is 72.5 Å². The summed E-state index contributed by atoms with van der Waals surface area (Å²) in [6.07, 6.45) is 5.01. The molecule has 0 amide bonds. The SMILES string of the molecule is COC(C)c1nc(CN=C(N)NC2CCCC2)cs1.I. The van der Waals surface area contributed by atoms with Crippen LogP contribution in [0.1, 0.15) is 49.4 Å². The normalized spacial score (nSPS) is 17.8. The van der Waals surface area contributed by atoms with E-state index in [9.17, 15) is 0 Å². The first kappa shape index (κ1) is 17.6. The van der Waals surface area contributed by atoms with Crippen LogP contribution in [0.5, 0.6) is 0 Å². The van der Waals surface area contributed by atoms with Crippen molar-refractivity contribution in [2.24, 2.45) is 10.7 Å². The Morgan fingerprint density at radius 1 is 1.60 bits per heavy atom. The third kappa shape index (κ3) is 5.17. The molecule has 1 fully saturated rings. The lowest BCUT2D eigenvalue weighted by molar-refractivity contribution is 0.119. The standard InChI is InChI=1S/C13H22N4OS.HI/c1-9(18-2)12-16-11(8-19-12)7-15-13(14)17-10-5-3-4-6-10;/h8-10H,3-7H2,1-2H3,(H3,14,15,17);1H. The number of thiazole rings is 1. The molecule has 1 aliphatic carbocycles. The van der Waals surface area contributed by atoms with E-state index in [2.05, 4.69) is 15.3 Å². The van der Waals surface area contributed by atoms with Gasteiger partial charge in [-0.2, -0.15) is 0 Å². The van der Waals surface area contributed by atoms with Crippen LogP contribution in [-0.2, 0) is 11.3 Å². The lowest BCUT2D eigenvalue weighted by Gasteiger charge is -2.11. The van der Waals surface area contributed by atoms with Gasteiger partial charge in [-0.15, -0.1) is 35.3 Å². The Kier molecular flexibility index (Phi) is 7.75. The molecule has 7 heteroatoms. The number of rotatable bonds is 5. The average Bonchev–Trinajstić information content (AvgIpc) is 3.06. The molecule has 2 rings (SSSR count). The molecule has 0 aliphatic heterocycles. The largest absolute Gasteiger partial charge is 0.375 e. The quantitative estimate of drug-likeness (QED) is 0.445. The minimum atomic E-state index is 0. The fourth-order valence-corrected chi connectivity index (χ4v) is 3.02. The van der Waals surface area contributed by atoms with Crippen molar-refractivity contribution in [1.82, 2.24) is 10.3 Å². The molecule has 0 spiro atoms. The maximum atomic E-state index is 5.88. The predicted molar refractivity (Wildman–Crippen MR) is 93.7 cm³/mol. The van der Waals surface area contributed by atoms with E-state index >= 15 is 0 Å². The van der Waals surface area contributed by atoms with Gasteiger partial charge >= 0.3 is 0 Å². The van der Waals surface area contributed by atoms with Crippen LogP contribution in [0.3, 0.4) is 0 Å². The Labute approximate surface area is 141 Å². The Morgan fingerprint density at radius 2 is 2.30 bits per heavy atom. The summed E-state index contributed by atoms with van der Waals surface area (Å²) in [5.41, 5.74) is 6.83. The highest BCUT2D eigenvalue weighted by Crippen LogP contribution is 2.20. The number of nitrogens with two attached hydrogens (primary N) is 1. The first-order valence-electron chi connectivity index (χ1n) is 6.72. The van der Waals surface area contributed by atoms with E-state index in [4.69, 9.17) is 10.5 Å². The van der Waals surface area contributed by atoms with Gasteiger partial charge in [0.2, 0.25) is 0 Å². The molecule has 20 heavy (non-hydrogen) atoms. The van der Waals surface area contributed by atoms with Gasteiger partial charge in [0.1, 0.15) is 11.1 Å². The van der Waals surface area contributed by atoms with Gasteiger partial charge in [-0.1, -0.05) is 12.8 Å². The number of ether oxygens (including phenoxy) is 1. The predicted octanol–water partition coefficient (Wildman–Crippen LogP) is 2.82. The van der Waals surface area contributed by atoms with Gasteiger partial charge in [0.15, 0.2) is 5.96 Å².